The monoisotopic (exact) mass is 206 g/mol. The second-order valence-corrected chi connectivity index (χ2v) is 2.21. The number of carboxylic acid groups (broad SMARTS) is 1. The summed E-state index contributed by atoms with van der Waals surface area (Å²) in [5, 5.41) is 12.4. The third-order valence-electron chi connectivity index (χ3n) is 1.30. The van der Waals surface area contributed by atoms with E-state index in [-0.39, 0.29) is 6.42 Å². The van der Waals surface area contributed by atoms with E-state index in [2.05, 4.69) is 27.0 Å². The van der Waals surface area contributed by atoms with E-state index in [0.29, 0.717) is 5.69 Å². The summed E-state index contributed by atoms with van der Waals surface area (Å²) in [4.78, 5) is 16.8. The summed E-state index contributed by atoms with van der Waals surface area (Å²) in [6.07, 6.45) is 3.38. The number of nitrogens with two attached hydrogens (primary N) is 2. The number of hydrogen-bond donors (Lipinski definition) is 4. The highest BCUT2D eigenvalue weighted by Crippen LogP contribution is 1.95. The Bertz CT molecular complexity index is 239. The van der Waals surface area contributed by atoms with Crippen LogP contribution in [0, 0.1) is 0 Å². The van der Waals surface area contributed by atoms with Crippen LogP contribution in [0.1, 0.15) is 5.69 Å². The van der Waals surface area contributed by atoms with Crippen LogP contribution in [0.5, 0.6) is 0 Å². The normalized spacial score (nSPS) is 11.3. The number of nitrogens with zero attached hydrogens (tertiary/aromatic N) is 1. The Morgan fingerprint density at radius 1 is 1.77 bits per heavy atom. The van der Waals surface area contributed by atoms with Gasteiger partial charge in [-0.2, -0.15) is 0 Å². The van der Waals surface area contributed by atoms with Gasteiger partial charge in [-0.15, -0.1) is 0 Å². The van der Waals surface area contributed by atoms with Crippen LogP contribution in [0.4, 0.5) is 0 Å². The minimum atomic E-state index is -1.01. The molecule has 1 heterocycles. The Kier molecular flexibility index (Phi) is 5.86. The molecule has 0 saturated heterocycles. The number of hydrogen-bond acceptors (Lipinski definition) is 4. The SMILES string of the molecule is NC(Cc1c[nH]cn1)C(=O)O.NCl. The van der Waals surface area contributed by atoms with Gasteiger partial charge in [-0.25, -0.2) is 10.2 Å². The predicted octanol–water partition coefficient (Wildman–Crippen LogP) is -0.537. The van der Waals surface area contributed by atoms with Gasteiger partial charge in [0.25, 0.3) is 0 Å². The lowest BCUT2D eigenvalue weighted by molar-refractivity contribution is -0.138. The van der Waals surface area contributed by atoms with Gasteiger partial charge in [0.2, 0.25) is 0 Å². The highest BCUT2D eigenvalue weighted by Gasteiger charge is 2.12. The molecule has 0 bridgehead atoms. The highest BCUT2D eigenvalue weighted by atomic mass is 35.5. The summed E-state index contributed by atoms with van der Waals surface area (Å²) in [6.45, 7) is 0. The van der Waals surface area contributed by atoms with E-state index in [9.17, 15) is 4.79 Å². The maximum Gasteiger partial charge on any atom is 0.320 e. The Balaban J connectivity index is 0.000000671. The molecular formula is C6H11ClN4O2. The molecule has 7 heteroatoms. The van der Waals surface area contributed by atoms with E-state index in [4.69, 9.17) is 10.8 Å². The number of imidazole rings is 1. The molecule has 0 spiro atoms. The standard InChI is InChI=1S/C6H9N3O2.ClH2N/c7-5(6(10)11)1-4-2-8-3-9-4;1-2/h2-3,5H,1,7H2,(H,8,9)(H,10,11);2H2. The first-order valence-electron chi connectivity index (χ1n) is 3.38. The molecule has 13 heavy (non-hydrogen) atoms. The van der Waals surface area contributed by atoms with E-state index in [1.165, 1.54) is 6.33 Å². The molecular weight excluding hydrogens is 196 g/mol. The third kappa shape index (κ3) is 4.46. The smallest absolute Gasteiger partial charge is 0.320 e. The number of aromatic nitrogens is 2. The van der Waals surface area contributed by atoms with Gasteiger partial charge in [0.1, 0.15) is 6.04 Å². The Hall–Kier alpha value is -1.11. The third-order valence-corrected chi connectivity index (χ3v) is 1.30. The number of H-pyrrole nitrogens is 1. The van der Waals surface area contributed by atoms with E-state index < -0.39 is 12.0 Å². The van der Waals surface area contributed by atoms with Gasteiger partial charge in [0.05, 0.1) is 12.0 Å². The van der Waals surface area contributed by atoms with Crippen LogP contribution in [0.25, 0.3) is 0 Å². The molecule has 0 saturated carbocycles. The van der Waals surface area contributed by atoms with Crippen LogP contribution in [0.2, 0.25) is 0 Å². The van der Waals surface area contributed by atoms with Crippen molar-refractivity contribution < 1.29 is 9.90 Å². The first-order valence-corrected chi connectivity index (χ1v) is 3.81. The van der Waals surface area contributed by atoms with Crippen LogP contribution in [0.15, 0.2) is 12.5 Å². The van der Waals surface area contributed by atoms with Crippen molar-refractivity contribution in [3.63, 3.8) is 0 Å². The molecule has 6 nitrogen and oxygen atoms in total. The van der Waals surface area contributed by atoms with Gasteiger partial charge in [0.15, 0.2) is 0 Å². The lowest BCUT2D eigenvalue weighted by Crippen LogP contribution is -2.32. The van der Waals surface area contributed by atoms with Crippen molar-refractivity contribution in [2.24, 2.45) is 11.0 Å². The fraction of sp³-hybridized carbons (Fsp3) is 0.333. The summed E-state index contributed by atoms with van der Waals surface area (Å²) >= 11 is 4.14. The van der Waals surface area contributed by atoms with Crippen molar-refractivity contribution in [3.05, 3.63) is 18.2 Å². The molecule has 0 aliphatic rings. The minimum Gasteiger partial charge on any atom is -0.480 e. The fourth-order valence-electron chi connectivity index (χ4n) is 0.715. The van der Waals surface area contributed by atoms with Crippen LogP contribution in [-0.2, 0) is 11.2 Å². The van der Waals surface area contributed by atoms with Gasteiger partial charge in [0, 0.05) is 12.6 Å². The van der Waals surface area contributed by atoms with Crippen LogP contribution in [-0.4, -0.2) is 27.1 Å². The summed E-state index contributed by atoms with van der Waals surface area (Å²) in [7, 11) is 0. The Labute approximate surface area is 80.0 Å². The maximum atomic E-state index is 10.3. The van der Waals surface area contributed by atoms with Crippen molar-refractivity contribution in [2.45, 2.75) is 12.5 Å². The molecule has 0 fully saturated rings. The first kappa shape index (κ1) is 11.9. The molecule has 1 atom stereocenters. The minimum absolute atomic E-state index is 0.263. The van der Waals surface area contributed by atoms with Crippen LogP contribution < -0.4 is 11.0 Å². The topological polar surface area (TPSA) is 118 Å². The van der Waals surface area contributed by atoms with E-state index >= 15 is 0 Å². The number of aliphatic carboxylic acids is 1. The molecule has 6 N–H and O–H groups in total. The van der Waals surface area contributed by atoms with Crippen molar-refractivity contribution in [3.8, 4) is 0 Å². The molecule has 0 aliphatic heterocycles. The molecule has 1 unspecified atom stereocenters. The number of carboxylic acids is 1. The Morgan fingerprint density at radius 2 is 2.38 bits per heavy atom. The summed E-state index contributed by atoms with van der Waals surface area (Å²) in [6, 6.07) is -0.863. The van der Waals surface area contributed by atoms with Crippen molar-refractivity contribution in [2.75, 3.05) is 0 Å². The van der Waals surface area contributed by atoms with E-state index in [1.807, 2.05) is 0 Å². The van der Waals surface area contributed by atoms with Crippen LogP contribution in [0.3, 0.4) is 0 Å². The number of carbonyl (C=O) groups is 1. The molecule has 0 aromatic carbocycles. The number of rotatable bonds is 3. The number of nitrogens with one attached hydrogen (secondary N) is 1. The zero-order chi connectivity index (χ0) is 10.3. The van der Waals surface area contributed by atoms with Gasteiger partial charge in [-0.05, 0) is 11.8 Å². The van der Waals surface area contributed by atoms with Gasteiger partial charge in [-0.3, -0.25) is 4.79 Å². The summed E-state index contributed by atoms with van der Waals surface area (Å²) < 4.78 is 0. The van der Waals surface area contributed by atoms with Crippen LogP contribution >= 0.6 is 11.8 Å². The van der Waals surface area contributed by atoms with E-state index in [1.54, 1.807) is 6.20 Å². The van der Waals surface area contributed by atoms with Crippen molar-refractivity contribution in [1.29, 1.82) is 0 Å². The quantitative estimate of drug-likeness (QED) is 0.496. The average molecular weight is 207 g/mol. The van der Waals surface area contributed by atoms with Gasteiger partial charge in [-0.1, -0.05) is 0 Å². The zero-order valence-corrected chi connectivity index (χ0v) is 7.53. The highest BCUT2D eigenvalue weighted by molar-refractivity contribution is 6.11. The molecule has 1 aromatic rings. The predicted molar refractivity (Wildman–Crippen MR) is 47.9 cm³/mol. The van der Waals surface area contributed by atoms with Gasteiger partial charge >= 0.3 is 5.97 Å². The molecule has 1 rings (SSSR count). The number of aromatic amines is 1. The fourth-order valence-corrected chi connectivity index (χ4v) is 0.715. The lowest BCUT2D eigenvalue weighted by atomic mass is 10.2. The molecule has 74 valence electrons. The summed E-state index contributed by atoms with van der Waals surface area (Å²) in [5.41, 5.74) is 5.92. The average Bonchev–Trinajstić information content (AvgIpc) is 2.60. The van der Waals surface area contributed by atoms with Crippen molar-refractivity contribution in [1.82, 2.24) is 9.97 Å². The van der Waals surface area contributed by atoms with Crippen molar-refractivity contribution >= 4 is 17.7 Å². The molecule has 0 amide bonds. The molecule has 1 aromatic heterocycles. The zero-order valence-electron chi connectivity index (χ0n) is 6.77. The second kappa shape index (κ2) is 6.41. The Morgan fingerprint density at radius 3 is 2.77 bits per heavy atom. The molecule has 0 aliphatic carbocycles. The largest absolute Gasteiger partial charge is 0.480 e. The number of halogens is 1. The molecule has 0 radical (unpaired) electrons. The maximum absolute atomic E-state index is 10.3. The first-order chi connectivity index (χ1) is 6.20. The van der Waals surface area contributed by atoms with Gasteiger partial charge < -0.3 is 15.8 Å². The lowest BCUT2D eigenvalue weighted by Gasteiger charge is -2.01. The van der Waals surface area contributed by atoms with E-state index in [0.717, 1.165) is 0 Å². The summed E-state index contributed by atoms with van der Waals surface area (Å²) in [5.74, 6) is -1.01. The second-order valence-electron chi connectivity index (χ2n) is 2.21.